The third-order valence-electron chi connectivity index (χ3n) is 4.53. The Hall–Kier alpha value is -0.530. The minimum Gasteiger partial charge on any atom is -0.300 e. The van der Waals surface area contributed by atoms with Gasteiger partial charge in [-0.1, -0.05) is 29.8 Å². The molecule has 1 saturated carbocycles. The van der Waals surface area contributed by atoms with Crippen LogP contribution >= 0.6 is 12.4 Å². The highest BCUT2D eigenvalue weighted by atomic mass is 35.5. The van der Waals surface area contributed by atoms with Gasteiger partial charge in [0.25, 0.3) is 0 Å². The fourth-order valence-corrected chi connectivity index (χ4v) is 3.25. The van der Waals surface area contributed by atoms with E-state index in [9.17, 15) is 0 Å². The Morgan fingerprint density at radius 3 is 2.41 bits per heavy atom. The van der Waals surface area contributed by atoms with Crippen molar-refractivity contribution in [2.24, 2.45) is 5.92 Å². The molecule has 1 heterocycles. The molecular weight excluding hydrogens is 230 g/mol. The molecule has 0 N–H and O–H groups in total. The molecule has 2 unspecified atom stereocenters. The van der Waals surface area contributed by atoms with Gasteiger partial charge < -0.3 is 0 Å². The Bertz CT molecular complexity index is 398. The molecule has 1 aromatic rings. The zero-order chi connectivity index (χ0) is 11.3. The van der Waals surface area contributed by atoms with Crippen LogP contribution < -0.4 is 0 Å². The van der Waals surface area contributed by atoms with Gasteiger partial charge >= 0.3 is 0 Å². The third-order valence-corrected chi connectivity index (χ3v) is 4.53. The molecule has 0 amide bonds. The molecule has 1 aliphatic carbocycles. The quantitative estimate of drug-likeness (QED) is 0.779. The monoisotopic (exact) mass is 251 g/mol. The molecule has 2 fully saturated rings. The molecule has 0 bridgehead atoms. The van der Waals surface area contributed by atoms with Crippen molar-refractivity contribution in [2.75, 3.05) is 13.1 Å². The van der Waals surface area contributed by atoms with Gasteiger partial charge in [0.2, 0.25) is 0 Å². The summed E-state index contributed by atoms with van der Waals surface area (Å²) in [5.74, 6) is 0.928. The molecule has 3 rings (SSSR count). The lowest BCUT2D eigenvalue weighted by Gasteiger charge is -2.24. The van der Waals surface area contributed by atoms with Gasteiger partial charge in [0.05, 0.1) is 0 Å². The standard InChI is InChI=1S/C15H21N.ClH/c1-11(2)16-9-14-8-15(14,10-16)13-6-4-12(3)5-7-13;/h4-7,11,14H,8-10H2,1-3H3;1H. The van der Waals surface area contributed by atoms with Crippen molar-refractivity contribution < 1.29 is 0 Å². The minimum atomic E-state index is 0. The second-order valence-corrected chi connectivity index (χ2v) is 5.95. The maximum absolute atomic E-state index is 2.63. The molecule has 94 valence electrons. The van der Waals surface area contributed by atoms with E-state index < -0.39 is 0 Å². The van der Waals surface area contributed by atoms with E-state index in [1.54, 1.807) is 5.56 Å². The summed E-state index contributed by atoms with van der Waals surface area (Å²) < 4.78 is 0. The van der Waals surface area contributed by atoms with Crippen molar-refractivity contribution in [2.45, 2.75) is 38.6 Å². The van der Waals surface area contributed by atoms with E-state index >= 15 is 0 Å². The van der Waals surface area contributed by atoms with Gasteiger partial charge in [0.15, 0.2) is 0 Å². The number of halogens is 1. The van der Waals surface area contributed by atoms with Gasteiger partial charge in [-0.25, -0.2) is 0 Å². The van der Waals surface area contributed by atoms with Crippen LogP contribution in [0, 0.1) is 12.8 Å². The number of likely N-dealkylation sites (tertiary alicyclic amines) is 1. The van der Waals surface area contributed by atoms with Crippen molar-refractivity contribution in [1.82, 2.24) is 4.90 Å². The maximum Gasteiger partial charge on any atom is 0.0124 e. The van der Waals surface area contributed by atoms with E-state index in [2.05, 4.69) is 49.9 Å². The molecule has 0 radical (unpaired) electrons. The van der Waals surface area contributed by atoms with Crippen LogP contribution in [0.1, 0.15) is 31.4 Å². The first-order valence-electron chi connectivity index (χ1n) is 6.43. The lowest BCUT2D eigenvalue weighted by Crippen LogP contribution is -2.32. The summed E-state index contributed by atoms with van der Waals surface area (Å²) in [6, 6.07) is 9.92. The second kappa shape index (κ2) is 4.29. The van der Waals surface area contributed by atoms with Crippen LogP contribution in [0.25, 0.3) is 0 Å². The number of hydrogen-bond acceptors (Lipinski definition) is 1. The number of aryl methyl sites for hydroxylation is 1. The van der Waals surface area contributed by atoms with Crippen LogP contribution in [0.3, 0.4) is 0 Å². The smallest absolute Gasteiger partial charge is 0.0124 e. The minimum absolute atomic E-state index is 0. The highest BCUT2D eigenvalue weighted by Gasteiger charge is 2.60. The molecule has 0 spiro atoms. The molecular formula is C15H22ClN. The number of fused-ring (bicyclic) bond motifs is 1. The van der Waals surface area contributed by atoms with Gasteiger partial charge in [0.1, 0.15) is 0 Å². The predicted octanol–water partition coefficient (Wildman–Crippen LogP) is 3.40. The molecule has 1 nitrogen and oxygen atoms in total. The van der Waals surface area contributed by atoms with E-state index in [1.165, 1.54) is 25.1 Å². The fraction of sp³-hybridized carbons (Fsp3) is 0.600. The summed E-state index contributed by atoms with van der Waals surface area (Å²) in [5, 5.41) is 0. The van der Waals surface area contributed by atoms with Crippen LogP contribution in [0.4, 0.5) is 0 Å². The van der Waals surface area contributed by atoms with Gasteiger partial charge in [-0.3, -0.25) is 4.90 Å². The summed E-state index contributed by atoms with van der Waals surface area (Å²) in [5.41, 5.74) is 3.47. The lowest BCUT2D eigenvalue weighted by molar-refractivity contribution is 0.243. The highest BCUT2D eigenvalue weighted by Crippen LogP contribution is 2.59. The predicted molar refractivity (Wildman–Crippen MR) is 74.9 cm³/mol. The third kappa shape index (κ3) is 2.00. The van der Waals surface area contributed by atoms with Crippen LogP contribution in [-0.2, 0) is 5.41 Å². The molecule has 2 atom stereocenters. The fourth-order valence-electron chi connectivity index (χ4n) is 3.25. The Kier molecular flexibility index (Phi) is 3.26. The van der Waals surface area contributed by atoms with Gasteiger partial charge in [-0.2, -0.15) is 0 Å². The first-order chi connectivity index (χ1) is 7.62. The van der Waals surface area contributed by atoms with Crippen molar-refractivity contribution in [3.8, 4) is 0 Å². The second-order valence-electron chi connectivity index (χ2n) is 5.95. The molecule has 17 heavy (non-hydrogen) atoms. The Morgan fingerprint density at radius 2 is 1.88 bits per heavy atom. The van der Waals surface area contributed by atoms with Crippen LogP contribution in [-0.4, -0.2) is 24.0 Å². The number of nitrogens with zero attached hydrogens (tertiary/aromatic N) is 1. The summed E-state index contributed by atoms with van der Waals surface area (Å²) in [7, 11) is 0. The number of piperidine rings is 1. The summed E-state index contributed by atoms with van der Waals surface area (Å²) in [6.07, 6.45) is 1.42. The van der Waals surface area contributed by atoms with Crippen molar-refractivity contribution in [1.29, 1.82) is 0 Å². The number of benzene rings is 1. The molecule has 1 saturated heterocycles. The average Bonchev–Trinajstić information content (AvgIpc) is 2.82. The van der Waals surface area contributed by atoms with Gasteiger partial charge in [-0.05, 0) is 38.7 Å². The highest BCUT2D eigenvalue weighted by molar-refractivity contribution is 5.85. The molecule has 2 heteroatoms. The number of hydrogen-bond donors (Lipinski definition) is 0. The summed E-state index contributed by atoms with van der Waals surface area (Å²) >= 11 is 0. The molecule has 2 aliphatic rings. The zero-order valence-electron chi connectivity index (χ0n) is 10.9. The summed E-state index contributed by atoms with van der Waals surface area (Å²) in [6.45, 7) is 9.38. The normalized spacial score (nSPS) is 31.2. The molecule has 0 aromatic heterocycles. The van der Waals surface area contributed by atoms with Crippen LogP contribution in [0.5, 0.6) is 0 Å². The van der Waals surface area contributed by atoms with Crippen LogP contribution in [0.2, 0.25) is 0 Å². The Labute approximate surface area is 111 Å². The van der Waals surface area contributed by atoms with E-state index in [0.29, 0.717) is 11.5 Å². The van der Waals surface area contributed by atoms with Crippen molar-refractivity contribution in [3.05, 3.63) is 35.4 Å². The first-order valence-corrected chi connectivity index (χ1v) is 6.43. The largest absolute Gasteiger partial charge is 0.300 e. The lowest BCUT2D eigenvalue weighted by atomic mass is 9.94. The van der Waals surface area contributed by atoms with Gasteiger partial charge in [-0.15, -0.1) is 12.4 Å². The van der Waals surface area contributed by atoms with E-state index in [1.807, 2.05) is 0 Å². The SMILES string of the molecule is Cc1ccc(C23CC2CN(C(C)C)C3)cc1.Cl. The molecule has 1 aromatic carbocycles. The maximum atomic E-state index is 2.63. The van der Waals surface area contributed by atoms with E-state index in [4.69, 9.17) is 0 Å². The summed E-state index contributed by atoms with van der Waals surface area (Å²) in [4.78, 5) is 2.63. The average molecular weight is 252 g/mol. The zero-order valence-corrected chi connectivity index (χ0v) is 11.8. The first kappa shape index (κ1) is 12.9. The van der Waals surface area contributed by atoms with E-state index in [-0.39, 0.29) is 12.4 Å². The molecule has 1 aliphatic heterocycles. The Morgan fingerprint density at radius 1 is 1.24 bits per heavy atom. The van der Waals surface area contributed by atoms with Gasteiger partial charge in [0, 0.05) is 24.5 Å². The van der Waals surface area contributed by atoms with Crippen molar-refractivity contribution in [3.63, 3.8) is 0 Å². The van der Waals surface area contributed by atoms with E-state index in [0.717, 1.165) is 5.92 Å². The Balaban J connectivity index is 0.00000108. The topological polar surface area (TPSA) is 3.24 Å². The van der Waals surface area contributed by atoms with Crippen molar-refractivity contribution >= 4 is 12.4 Å². The number of rotatable bonds is 2. The van der Waals surface area contributed by atoms with Crippen LogP contribution in [0.15, 0.2) is 24.3 Å².